The Morgan fingerprint density at radius 1 is 1.46 bits per heavy atom. The molecule has 74 valence electrons. The van der Waals surface area contributed by atoms with Crippen molar-refractivity contribution in [3.05, 3.63) is 15.9 Å². The molecule has 0 atom stereocenters. The van der Waals surface area contributed by atoms with Crippen LogP contribution in [-0.2, 0) is 0 Å². The van der Waals surface area contributed by atoms with Gasteiger partial charge in [0.1, 0.15) is 0 Å². The van der Waals surface area contributed by atoms with E-state index in [0.29, 0.717) is 0 Å². The van der Waals surface area contributed by atoms with Gasteiger partial charge < -0.3 is 15.1 Å². The number of hydrogen-bond donors (Lipinski definition) is 2. The summed E-state index contributed by atoms with van der Waals surface area (Å²) in [6.45, 7) is -0.0783. The number of nitrogens with zero attached hydrogens (tertiary/aromatic N) is 1. The molecule has 1 aromatic heterocycles. The van der Waals surface area contributed by atoms with E-state index in [-0.39, 0.29) is 19.3 Å². The Labute approximate surface area is 89.7 Å². The van der Waals surface area contributed by atoms with Crippen LogP contribution >= 0.6 is 27.3 Å². The first-order chi connectivity index (χ1) is 6.19. The Balaban J connectivity index is 2.71. The lowest BCUT2D eigenvalue weighted by Crippen LogP contribution is -2.37. The number of aliphatic hydroxyl groups is 2. The smallest absolute Gasteiger partial charge is 0.0921 e. The zero-order chi connectivity index (χ0) is 9.84. The Morgan fingerprint density at radius 2 is 2.08 bits per heavy atom. The molecule has 13 heavy (non-hydrogen) atoms. The highest BCUT2D eigenvalue weighted by Gasteiger charge is 2.14. The summed E-state index contributed by atoms with van der Waals surface area (Å²) in [6.07, 6.45) is 0. The summed E-state index contributed by atoms with van der Waals surface area (Å²) in [5.74, 6) is 0. The molecule has 0 aliphatic heterocycles. The largest absolute Gasteiger partial charge is 0.394 e. The number of aliphatic hydroxyl groups excluding tert-OH is 2. The van der Waals surface area contributed by atoms with E-state index in [0.717, 1.165) is 8.79 Å². The average Bonchev–Trinajstić information content (AvgIpc) is 2.54. The van der Waals surface area contributed by atoms with Crippen LogP contribution in [0, 0.1) is 0 Å². The Bertz CT molecular complexity index is 262. The number of thiophene rings is 1. The summed E-state index contributed by atoms with van der Waals surface area (Å²) in [6, 6.07) is 3.68. The first kappa shape index (κ1) is 11.0. The molecule has 0 radical (unpaired) electrons. The standard InChI is InChI=1S/C8H12BrNO2S/c1-10(6(4-11)5-12)8-3-2-7(9)13-8/h2-3,6,11-12H,4-5H2,1H3. The van der Waals surface area contributed by atoms with E-state index in [2.05, 4.69) is 15.9 Å². The minimum Gasteiger partial charge on any atom is -0.394 e. The highest BCUT2D eigenvalue weighted by molar-refractivity contribution is 9.11. The van der Waals surface area contributed by atoms with Crippen molar-refractivity contribution in [1.29, 1.82) is 0 Å². The van der Waals surface area contributed by atoms with Crippen LogP contribution in [-0.4, -0.2) is 36.5 Å². The number of rotatable bonds is 4. The number of anilines is 1. The van der Waals surface area contributed by atoms with Crippen molar-refractivity contribution in [2.75, 3.05) is 25.2 Å². The molecular formula is C8H12BrNO2S. The molecule has 0 saturated heterocycles. The van der Waals surface area contributed by atoms with E-state index >= 15 is 0 Å². The summed E-state index contributed by atoms with van der Waals surface area (Å²) in [5, 5.41) is 18.9. The van der Waals surface area contributed by atoms with Crippen LogP contribution in [0.5, 0.6) is 0 Å². The Hall–Kier alpha value is -0.100. The minimum absolute atomic E-state index is 0.0392. The minimum atomic E-state index is -0.217. The molecule has 5 heteroatoms. The summed E-state index contributed by atoms with van der Waals surface area (Å²) in [7, 11) is 1.86. The number of hydrogen-bond acceptors (Lipinski definition) is 4. The third-order valence-corrected chi connectivity index (χ3v) is 3.59. The van der Waals surface area contributed by atoms with E-state index < -0.39 is 0 Å². The second kappa shape index (κ2) is 4.95. The first-order valence-electron chi connectivity index (χ1n) is 3.89. The van der Waals surface area contributed by atoms with Crippen LogP contribution in [0.25, 0.3) is 0 Å². The molecule has 0 unspecified atom stereocenters. The number of halogens is 1. The topological polar surface area (TPSA) is 43.7 Å². The van der Waals surface area contributed by atoms with Gasteiger partial charge in [-0.05, 0) is 28.1 Å². The maximum absolute atomic E-state index is 8.96. The molecule has 3 nitrogen and oxygen atoms in total. The summed E-state index contributed by atoms with van der Waals surface area (Å²) in [4.78, 5) is 1.87. The van der Waals surface area contributed by atoms with Crippen LogP contribution in [0.4, 0.5) is 5.00 Å². The van der Waals surface area contributed by atoms with Gasteiger partial charge in [-0.2, -0.15) is 0 Å². The summed E-state index contributed by atoms with van der Waals surface area (Å²) in [5.41, 5.74) is 0. The van der Waals surface area contributed by atoms with Crippen molar-refractivity contribution >= 4 is 32.3 Å². The van der Waals surface area contributed by atoms with Gasteiger partial charge in [-0.3, -0.25) is 0 Å². The number of likely N-dealkylation sites (N-methyl/N-ethyl adjacent to an activating group) is 1. The molecule has 0 saturated carbocycles. The van der Waals surface area contributed by atoms with Crippen molar-refractivity contribution in [3.63, 3.8) is 0 Å². The fourth-order valence-electron chi connectivity index (χ4n) is 0.977. The predicted molar refractivity (Wildman–Crippen MR) is 58.4 cm³/mol. The Kier molecular flexibility index (Phi) is 4.18. The Morgan fingerprint density at radius 3 is 2.46 bits per heavy atom. The predicted octanol–water partition coefficient (Wildman–Crippen LogP) is 1.30. The van der Waals surface area contributed by atoms with Gasteiger partial charge in [0.2, 0.25) is 0 Å². The van der Waals surface area contributed by atoms with Gasteiger partial charge >= 0.3 is 0 Å². The maximum atomic E-state index is 8.96. The van der Waals surface area contributed by atoms with Gasteiger partial charge in [0, 0.05) is 7.05 Å². The molecule has 0 aliphatic rings. The van der Waals surface area contributed by atoms with Crippen LogP contribution in [0.1, 0.15) is 0 Å². The zero-order valence-electron chi connectivity index (χ0n) is 7.27. The van der Waals surface area contributed by atoms with E-state index in [1.54, 1.807) is 11.3 Å². The van der Waals surface area contributed by atoms with Gasteiger partial charge in [-0.1, -0.05) is 0 Å². The monoisotopic (exact) mass is 265 g/mol. The normalized spacial score (nSPS) is 10.8. The van der Waals surface area contributed by atoms with Crippen molar-refractivity contribution in [2.45, 2.75) is 6.04 Å². The molecule has 0 fully saturated rings. The van der Waals surface area contributed by atoms with E-state index in [1.165, 1.54) is 0 Å². The second-order valence-electron chi connectivity index (χ2n) is 2.71. The first-order valence-corrected chi connectivity index (χ1v) is 5.50. The highest BCUT2D eigenvalue weighted by atomic mass is 79.9. The van der Waals surface area contributed by atoms with Crippen molar-refractivity contribution in [2.24, 2.45) is 0 Å². The van der Waals surface area contributed by atoms with Crippen LogP contribution in [0.15, 0.2) is 15.9 Å². The van der Waals surface area contributed by atoms with E-state index in [4.69, 9.17) is 10.2 Å². The van der Waals surface area contributed by atoms with Crippen LogP contribution in [0.3, 0.4) is 0 Å². The fourth-order valence-corrected chi connectivity index (χ4v) is 2.37. The van der Waals surface area contributed by atoms with Gasteiger partial charge in [-0.15, -0.1) is 11.3 Å². The molecule has 0 bridgehead atoms. The third-order valence-electron chi connectivity index (χ3n) is 1.88. The maximum Gasteiger partial charge on any atom is 0.0921 e. The quantitative estimate of drug-likeness (QED) is 0.863. The highest BCUT2D eigenvalue weighted by Crippen LogP contribution is 2.29. The van der Waals surface area contributed by atoms with E-state index in [9.17, 15) is 0 Å². The van der Waals surface area contributed by atoms with Gasteiger partial charge in [0.05, 0.1) is 28.0 Å². The van der Waals surface area contributed by atoms with Gasteiger partial charge in [0.15, 0.2) is 0 Å². The molecule has 1 aromatic rings. The van der Waals surface area contributed by atoms with Crippen molar-refractivity contribution in [1.82, 2.24) is 0 Å². The summed E-state index contributed by atoms with van der Waals surface area (Å²) < 4.78 is 1.05. The molecule has 0 spiro atoms. The van der Waals surface area contributed by atoms with E-state index in [1.807, 2.05) is 24.1 Å². The van der Waals surface area contributed by atoms with Crippen LogP contribution in [0.2, 0.25) is 0 Å². The molecule has 0 aromatic carbocycles. The average molecular weight is 266 g/mol. The second-order valence-corrected chi connectivity index (χ2v) is 5.15. The molecular weight excluding hydrogens is 254 g/mol. The van der Waals surface area contributed by atoms with Crippen LogP contribution < -0.4 is 4.90 Å². The molecule has 2 N–H and O–H groups in total. The lowest BCUT2D eigenvalue weighted by atomic mass is 10.3. The van der Waals surface area contributed by atoms with Crippen molar-refractivity contribution in [3.8, 4) is 0 Å². The molecule has 1 rings (SSSR count). The lowest BCUT2D eigenvalue weighted by Gasteiger charge is -2.25. The van der Waals surface area contributed by atoms with Crippen molar-refractivity contribution < 1.29 is 10.2 Å². The lowest BCUT2D eigenvalue weighted by molar-refractivity contribution is 0.191. The summed E-state index contributed by atoms with van der Waals surface area (Å²) >= 11 is 4.94. The fraction of sp³-hybridized carbons (Fsp3) is 0.500. The molecule has 0 aliphatic carbocycles. The SMILES string of the molecule is CN(c1ccc(Br)s1)C(CO)CO. The molecule has 0 amide bonds. The van der Waals surface area contributed by atoms with Gasteiger partial charge in [-0.25, -0.2) is 0 Å². The third kappa shape index (κ3) is 2.67. The van der Waals surface area contributed by atoms with Gasteiger partial charge in [0.25, 0.3) is 0 Å². The zero-order valence-corrected chi connectivity index (χ0v) is 9.68. The molecule has 1 heterocycles.